The molecule has 14 nitrogen and oxygen atoms in total. The van der Waals surface area contributed by atoms with E-state index in [-0.39, 0.29) is 48.2 Å². The van der Waals surface area contributed by atoms with E-state index >= 15 is 4.39 Å². The third kappa shape index (κ3) is 10.4. The van der Waals surface area contributed by atoms with Crippen molar-refractivity contribution in [3.63, 3.8) is 0 Å². The van der Waals surface area contributed by atoms with Gasteiger partial charge in [0.25, 0.3) is 5.91 Å². The van der Waals surface area contributed by atoms with Gasteiger partial charge in [0.15, 0.2) is 5.83 Å². The smallest absolute Gasteiger partial charge is 0.341 e. The lowest BCUT2D eigenvalue weighted by Crippen LogP contribution is -2.55. The van der Waals surface area contributed by atoms with E-state index in [4.69, 9.17) is 37.1 Å². The first-order valence-corrected chi connectivity index (χ1v) is 25.6. The summed E-state index contributed by atoms with van der Waals surface area (Å²) in [6, 6.07) is 26.2. The van der Waals surface area contributed by atoms with Gasteiger partial charge in [0.1, 0.15) is 34.0 Å². The maximum absolute atomic E-state index is 15.2. The third-order valence-electron chi connectivity index (χ3n) is 14.0. The van der Waals surface area contributed by atoms with E-state index in [0.717, 1.165) is 70.9 Å². The van der Waals surface area contributed by atoms with Crippen molar-refractivity contribution in [2.45, 2.75) is 68.4 Å². The molecule has 4 aromatic carbocycles. The minimum Gasteiger partial charge on any atom is -0.462 e. The molecule has 72 heavy (non-hydrogen) atoms. The van der Waals surface area contributed by atoms with E-state index in [1.165, 1.54) is 21.7 Å². The number of carbonyl (C=O) groups is 2. The fraction of sp³-hybridized carbons (Fsp3) is 0.396. The number of nitrogens with two attached hydrogens (primary N) is 1. The Labute approximate surface area is 426 Å². The molecule has 3 atom stereocenters. The number of aromatic nitrogens is 2. The number of amides is 3. The number of urea groups is 1. The van der Waals surface area contributed by atoms with Crippen LogP contribution in [-0.2, 0) is 22.6 Å². The minimum absolute atomic E-state index is 0.0104. The van der Waals surface area contributed by atoms with Crippen molar-refractivity contribution in [2.24, 2.45) is 10.8 Å². The van der Waals surface area contributed by atoms with E-state index in [9.17, 15) is 23.6 Å². The van der Waals surface area contributed by atoms with Crippen molar-refractivity contribution < 1.29 is 27.5 Å². The van der Waals surface area contributed by atoms with Gasteiger partial charge < -0.3 is 30.1 Å². The molecule has 3 amide bonds. The number of nitrogens with zero attached hydrogens (tertiary/aromatic N) is 10. The van der Waals surface area contributed by atoms with Crippen LogP contribution < -0.4 is 20.3 Å². The zero-order chi connectivity index (χ0) is 50.5. The summed E-state index contributed by atoms with van der Waals surface area (Å²) in [6.07, 6.45) is 4.08. The molecule has 4 aliphatic heterocycles. The Hall–Kier alpha value is -6.39. The summed E-state index contributed by atoms with van der Waals surface area (Å²) in [4.78, 5) is 46.1. The molecule has 2 N–H and O–H groups in total. The van der Waals surface area contributed by atoms with Crippen LogP contribution in [0.5, 0.6) is 6.01 Å². The number of hydrogen-bond acceptors (Lipinski definition) is 12. The monoisotopic (exact) mass is 1020 g/mol. The summed E-state index contributed by atoms with van der Waals surface area (Å²) in [5.41, 5.74) is 9.54. The third-order valence-corrected chi connectivity index (χ3v) is 15.8. The number of fused-ring (bicyclic) bond motifs is 2. The molecule has 5 aromatic rings. The van der Waals surface area contributed by atoms with Crippen LogP contribution >= 0.6 is 23.4 Å². The van der Waals surface area contributed by atoms with Gasteiger partial charge in [0.2, 0.25) is 0 Å². The molecule has 0 unspecified atom stereocenters. The number of carbonyl (C=O) groups excluding carboxylic acids is 2. The Morgan fingerprint density at radius 3 is 2.58 bits per heavy atom. The molecule has 0 radical (unpaired) electrons. The number of hydrazone groups is 1. The first kappa shape index (κ1) is 50.5. The van der Waals surface area contributed by atoms with Crippen molar-refractivity contribution in [3.05, 3.63) is 136 Å². The number of likely N-dealkylation sites (tertiary alicyclic amines) is 1. The maximum atomic E-state index is 15.2. The van der Waals surface area contributed by atoms with E-state index in [2.05, 4.69) is 33.4 Å². The molecule has 4 aliphatic rings. The molecule has 19 heteroatoms. The summed E-state index contributed by atoms with van der Waals surface area (Å²) in [6.45, 7) is 7.73. The first-order valence-electron chi connectivity index (χ1n) is 24.4. The standard InChI is InChI=1S/C53H57ClF3N11O3S/c1-35(55)50(69)67-30-29-66(32-39(67)20-24-59)48-41-21-28-65(46-17-7-12-36-11-6-16-43(54)47(36)46)33-45(41)60-51(61-48)71-34-40-15-8-26-64(40)27-10-25-63(2)52(70)68-53(22-9-23-58,37-13-4-3-5-14-37)72-49(62-68)42-31-38(56)18-19-44(42)57/h3-7,11-14,16-19,31,39-40H,1,8-10,15,20-23,25-30,32-34,58H2,2H3/t39-,40-,53-/m0/s1. The van der Waals surface area contributed by atoms with Crippen LogP contribution in [0.4, 0.5) is 29.5 Å². The fourth-order valence-electron chi connectivity index (χ4n) is 10.4. The Kier molecular flexibility index (Phi) is 15.6. The zero-order valence-corrected chi connectivity index (χ0v) is 41.7. The second-order valence-corrected chi connectivity index (χ2v) is 20.3. The quantitative estimate of drug-likeness (QED) is 0.0945. The predicted octanol–water partition coefficient (Wildman–Crippen LogP) is 8.83. The SMILES string of the molecule is C=C(F)C(=O)N1CCN(c2nc(OC[C@@H]3CCCN3CCCN(C)C(=O)N3N=C(c4cc(F)ccc4F)S[C@@]3(CCCN)c3ccccc3)nc3c2CCN(c2cccc4cccc(Cl)c24)C3)C[C@@H]1CC#N. The highest BCUT2D eigenvalue weighted by atomic mass is 35.5. The Bertz CT molecular complexity index is 2910. The van der Waals surface area contributed by atoms with Gasteiger partial charge in [-0.15, -0.1) is 0 Å². The molecule has 0 aliphatic carbocycles. The number of anilines is 2. The van der Waals surface area contributed by atoms with Gasteiger partial charge in [0, 0.05) is 74.6 Å². The average molecular weight is 1020 g/mol. The highest BCUT2D eigenvalue weighted by Gasteiger charge is 2.49. The lowest BCUT2D eigenvalue weighted by molar-refractivity contribution is -0.131. The van der Waals surface area contributed by atoms with Crippen molar-refractivity contribution in [2.75, 3.05) is 75.8 Å². The number of piperazine rings is 1. The van der Waals surface area contributed by atoms with Crippen LogP contribution in [0, 0.1) is 23.0 Å². The number of nitriles is 1. The molecule has 2 fully saturated rings. The van der Waals surface area contributed by atoms with Crippen LogP contribution in [0.15, 0.2) is 102 Å². The zero-order valence-electron chi connectivity index (χ0n) is 40.2. The topological polar surface area (TPSA) is 151 Å². The second-order valence-electron chi connectivity index (χ2n) is 18.6. The number of hydrogen-bond donors (Lipinski definition) is 1. The van der Waals surface area contributed by atoms with Crippen molar-refractivity contribution >= 4 is 62.6 Å². The van der Waals surface area contributed by atoms with Crippen LogP contribution in [0.2, 0.25) is 5.02 Å². The summed E-state index contributed by atoms with van der Waals surface area (Å²) in [7, 11) is 1.73. The summed E-state index contributed by atoms with van der Waals surface area (Å²) in [5.74, 6) is -2.45. The molecule has 5 heterocycles. The maximum Gasteiger partial charge on any atom is 0.341 e. The van der Waals surface area contributed by atoms with Crippen molar-refractivity contribution in [1.82, 2.24) is 29.7 Å². The number of benzene rings is 4. The van der Waals surface area contributed by atoms with Gasteiger partial charge in [-0.3, -0.25) is 9.69 Å². The van der Waals surface area contributed by atoms with Crippen LogP contribution in [0.25, 0.3) is 10.8 Å². The number of rotatable bonds is 16. The summed E-state index contributed by atoms with van der Waals surface area (Å²) < 4.78 is 50.4. The highest BCUT2D eigenvalue weighted by Crippen LogP contribution is 2.51. The fourth-order valence-corrected chi connectivity index (χ4v) is 12.1. The summed E-state index contributed by atoms with van der Waals surface area (Å²) in [5, 5.41) is 18.7. The Balaban J connectivity index is 0.915. The van der Waals surface area contributed by atoms with Gasteiger partial charge in [-0.05, 0) is 92.9 Å². The normalized spacial score (nSPS) is 20.1. The van der Waals surface area contributed by atoms with E-state index in [1.54, 1.807) is 11.9 Å². The van der Waals surface area contributed by atoms with Crippen molar-refractivity contribution in [3.8, 4) is 12.1 Å². The molecule has 0 saturated carbocycles. The van der Waals surface area contributed by atoms with E-state index < -0.39 is 34.3 Å². The molecular formula is C53H57ClF3N11O3S. The van der Waals surface area contributed by atoms with Gasteiger partial charge in [-0.2, -0.15) is 25.3 Å². The average Bonchev–Trinajstić information content (AvgIpc) is 4.02. The lowest BCUT2D eigenvalue weighted by atomic mass is 10.0. The number of ether oxygens (including phenoxy) is 1. The van der Waals surface area contributed by atoms with E-state index in [1.807, 2.05) is 60.7 Å². The van der Waals surface area contributed by atoms with Gasteiger partial charge in [-0.1, -0.05) is 84.5 Å². The molecule has 1 aromatic heterocycles. The molecular weight excluding hydrogens is 963 g/mol. The Morgan fingerprint density at radius 1 is 1.00 bits per heavy atom. The molecule has 9 rings (SSSR count). The molecule has 0 bridgehead atoms. The van der Waals surface area contributed by atoms with E-state index in [0.29, 0.717) is 82.4 Å². The van der Waals surface area contributed by atoms with Gasteiger partial charge in [0.05, 0.1) is 35.8 Å². The van der Waals surface area contributed by atoms with Gasteiger partial charge >= 0.3 is 12.0 Å². The molecule has 376 valence electrons. The van der Waals surface area contributed by atoms with Crippen LogP contribution in [0.1, 0.15) is 60.9 Å². The van der Waals surface area contributed by atoms with Crippen LogP contribution in [-0.4, -0.2) is 125 Å². The Morgan fingerprint density at radius 2 is 1.81 bits per heavy atom. The molecule has 2 saturated heterocycles. The second kappa shape index (κ2) is 22.2. The largest absolute Gasteiger partial charge is 0.462 e. The first-order chi connectivity index (χ1) is 34.9. The minimum atomic E-state index is -1.06. The van der Waals surface area contributed by atoms with Crippen molar-refractivity contribution in [1.29, 1.82) is 5.26 Å². The highest BCUT2D eigenvalue weighted by molar-refractivity contribution is 8.15. The lowest BCUT2D eigenvalue weighted by Gasteiger charge is -2.42. The van der Waals surface area contributed by atoms with Crippen LogP contribution in [0.3, 0.4) is 0 Å². The molecule has 0 spiro atoms. The number of thioether (sulfide) groups is 1. The predicted molar refractivity (Wildman–Crippen MR) is 275 cm³/mol. The van der Waals surface area contributed by atoms with Gasteiger partial charge in [-0.25, -0.2) is 18.0 Å². The number of halogens is 4. The summed E-state index contributed by atoms with van der Waals surface area (Å²) >= 11 is 8.03.